The predicted molar refractivity (Wildman–Crippen MR) is 113 cm³/mol. The molecule has 1 unspecified atom stereocenters. The van der Waals surface area contributed by atoms with Crippen molar-refractivity contribution in [2.75, 3.05) is 19.5 Å². The van der Waals surface area contributed by atoms with Crippen LogP contribution < -0.4 is 14.8 Å². The fourth-order valence-electron chi connectivity index (χ4n) is 2.64. The van der Waals surface area contributed by atoms with E-state index in [1.54, 1.807) is 42.5 Å². The van der Waals surface area contributed by atoms with E-state index < -0.39 is 18.0 Å². The molecule has 1 N–H and O–H groups in total. The second-order valence-corrected chi connectivity index (χ2v) is 7.36. The first-order valence-corrected chi connectivity index (χ1v) is 9.82. The van der Waals surface area contributed by atoms with E-state index >= 15 is 0 Å². The molecule has 0 aliphatic carbocycles. The lowest BCUT2D eigenvalue weighted by atomic mass is 10.2. The third kappa shape index (κ3) is 4.96. The van der Waals surface area contributed by atoms with Crippen molar-refractivity contribution in [2.45, 2.75) is 13.0 Å². The summed E-state index contributed by atoms with van der Waals surface area (Å²) in [5.41, 5.74) is 1.19. The minimum atomic E-state index is -1.04. The van der Waals surface area contributed by atoms with Gasteiger partial charge in [0.25, 0.3) is 5.91 Å². The average molecular weight is 429 g/mol. The SMILES string of the molecule is COc1ccc(OC)c(NC(=O)C(C)OC(=O)c2ccc(-c3ccc(F)cc3)s2)c1. The predicted octanol–water partition coefficient (Wildman–Crippen LogP) is 4.76. The third-order valence-corrected chi connectivity index (χ3v) is 5.37. The van der Waals surface area contributed by atoms with Crippen LogP contribution in [0.1, 0.15) is 16.6 Å². The van der Waals surface area contributed by atoms with Crippen LogP contribution in [0.4, 0.5) is 10.1 Å². The highest BCUT2D eigenvalue weighted by Crippen LogP contribution is 2.30. The van der Waals surface area contributed by atoms with Crippen LogP contribution in [0.3, 0.4) is 0 Å². The molecule has 0 saturated carbocycles. The number of benzene rings is 2. The van der Waals surface area contributed by atoms with Crippen LogP contribution in [-0.2, 0) is 9.53 Å². The number of methoxy groups -OCH3 is 2. The molecule has 1 aromatic heterocycles. The lowest BCUT2D eigenvalue weighted by Gasteiger charge is -2.15. The van der Waals surface area contributed by atoms with Gasteiger partial charge in [-0.05, 0) is 48.9 Å². The molecule has 6 nitrogen and oxygen atoms in total. The number of thiophene rings is 1. The molecule has 0 aliphatic rings. The molecular weight excluding hydrogens is 409 g/mol. The fourth-order valence-corrected chi connectivity index (χ4v) is 3.53. The summed E-state index contributed by atoms with van der Waals surface area (Å²) in [5.74, 6) is -0.464. The van der Waals surface area contributed by atoms with Crippen LogP contribution in [0.15, 0.2) is 54.6 Å². The van der Waals surface area contributed by atoms with Crippen molar-refractivity contribution in [1.82, 2.24) is 0 Å². The number of anilines is 1. The van der Waals surface area contributed by atoms with E-state index in [0.717, 1.165) is 10.4 Å². The molecule has 3 rings (SSSR count). The van der Waals surface area contributed by atoms with E-state index in [2.05, 4.69) is 5.32 Å². The molecule has 1 amide bonds. The normalized spacial score (nSPS) is 11.5. The van der Waals surface area contributed by atoms with Gasteiger partial charge in [0.2, 0.25) is 0 Å². The van der Waals surface area contributed by atoms with Gasteiger partial charge in [-0.2, -0.15) is 0 Å². The van der Waals surface area contributed by atoms with Crippen LogP contribution in [-0.4, -0.2) is 32.2 Å². The molecule has 1 heterocycles. The number of hydrogen-bond donors (Lipinski definition) is 1. The van der Waals surface area contributed by atoms with Gasteiger partial charge in [0.15, 0.2) is 6.10 Å². The van der Waals surface area contributed by atoms with Crippen molar-refractivity contribution >= 4 is 28.9 Å². The Labute approximate surface area is 177 Å². The molecule has 2 aromatic carbocycles. The Morgan fingerprint density at radius 3 is 2.40 bits per heavy atom. The van der Waals surface area contributed by atoms with Crippen LogP contribution >= 0.6 is 11.3 Å². The van der Waals surface area contributed by atoms with Crippen molar-refractivity contribution in [2.24, 2.45) is 0 Å². The number of rotatable bonds is 7. The Balaban J connectivity index is 1.66. The molecule has 156 valence electrons. The Hall–Kier alpha value is -3.39. The smallest absolute Gasteiger partial charge is 0.349 e. The van der Waals surface area contributed by atoms with Crippen molar-refractivity contribution in [1.29, 1.82) is 0 Å². The van der Waals surface area contributed by atoms with Crippen molar-refractivity contribution in [3.05, 3.63) is 65.3 Å². The van der Waals surface area contributed by atoms with E-state index in [4.69, 9.17) is 14.2 Å². The Morgan fingerprint density at radius 2 is 1.73 bits per heavy atom. The zero-order chi connectivity index (χ0) is 21.7. The van der Waals surface area contributed by atoms with Crippen molar-refractivity contribution in [3.63, 3.8) is 0 Å². The van der Waals surface area contributed by atoms with E-state index in [1.165, 1.54) is 44.6 Å². The van der Waals surface area contributed by atoms with Crippen molar-refractivity contribution in [3.8, 4) is 21.9 Å². The molecule has 0 aliphatic heterocycles. The topological polar surface area (TPSA) is 73.9 Å². The van der Waals surface area contributed by atoms with Crippen LogP contribution in [0.2, 0.25) is 0 Å². The van der Waals surface area contributed by atoms with Crippen LogP contribution in [0.5, 0.6) is 11.5 Å². The maximum absolute atomic E-state index is 13.1. The number of nitrogens with one attached hydrogen (secondary N) is 1. The van der Waals surface area contributed by atoms with Gasteiger partial charge in [-0.15, -0.1) is 11.3 Å². The summed E-state index contributed by atoms with van der Waals surface area (Å²) in [6, 6.07) is 14.3. The van der Waals surface area contributed by atoms with Gasteiger partial charge in [-0.1, -0.05) is 12.1 Å². The first-order chi connectivity index (χ1) is 14.4. The number of carbonyl (C=O) groups excluding carboxylic acids is 2. The average Bonchev–Trinajstić information content (AvgIpc) is 3.24. The first kappa shape index (κ1) is 21.3. The van der Waals surface area contributed by atoms with Crippen LogP contribution in [0, 0.1) is 5.82 Å². The largest absolute Gasteiger partial charge is 0.497 e. The first-order valence-electron chi connectivity index (χ1n) is 9.01. The van der Waals surface area contributed by atoms with Gasteiger partial charge >= 0.3 is 5.97 Å². The third-order valence-electron chi connectivity index (χ3n) is 4.25. The van der Waals surface area contributed by atoms with E-state index in [0.29, 0.717) is 22.1 Å². The summed E-state index contributed by atoms with van der Waals surface area (Å²) in [6.07, 6.45) is -1.04. The van der Waals surface area contributed by atoms with Gasteiger partial charge in [0.1, 0.15) is 22.2 Å². The molecular formula is C22H20FNO5S. The summed E-state index contributed by atoms with van der Waals surface area (Å²) in [5, 5.41) is 2.68. The molecule has 30 heavy (non-hydrogen) atoms. The Bertz CT molecular complexity index is 1050. The van der Waals surface area contributed by atoms with Gasteiger partial charge in [0, 0.05) is 10.9 Å². The molecule has 0 fully saturated rings. The summed E-state index contributed by atoms with van der Waals surface area (Å²) < 4.78 is 28.8. The maximum Gasteiger partial charge on any atom is 0.349 e. The zero-order valence-electron chi connectivity index (χ0n) is 16.6. The van der Waals surface area contributed by atoms with E-state index in [9.17, 15) is 14.0 Å². The number of hydrogen-bond acceptors (Lipinski definition) is 6. The Morgan fingerprint density at radius 1 is 1.00 bits per heavy atom. The van der Waals surface area contributed by atoms with Crippen molar-refractivity contribution < 1.29 is 28.2 Å². The molecule has 1 atom stereocenters. The summed E-state index contributed by atoms with van der Waals surface area (Å²) in [6.45, 7) is 1.48. The summed E-state index contributed by atoms with van der Waals surface area (Å²) >= 11 is 1.20. The molecule has 3 aromatic rings. The van der Waals surface area contributed by atoms with Gasteiger partial charge in [0.05, 0.1) is 19.9 Å². The number of esters is 1. The monoisotopic (exact) mass is 429 g/mol. The van der Waals surface area contributed by atoms with Gasteiger partial charge < -0.3 is 19.5 Å². The summed E-state index contributed by atoms with van der Waals surface area (Å²) in [7, 11) is 3.00. The number of carbonyl (C=O) groups is 2. The highest BCUT2D eigenvalue weighted by atomic mass is 32.1. The molecule has 0 saturated heterocycles. The number of halogens is 1. The minimum Gasteiger partial charge on any atom is -0.497 e. The minimum absolute atomic E-state index is 0.331. The molecule has 8 heteroatoms. The maximum atomic E-state index is 13.1. The van der Waals surface area contributed by atoms with E-state index in [-0.39, 0.29) is 5.82 Å². The standard InChI is InChI=1S/C22H20FNO5S/c1-13(21(25)24-17-12-16(27-2)8-9-18(17)28-3)29-22(26)20-11-10-19(30-20)14-4-6-15(23)7-5-14/h4-13H,1-3H3,(H,24,25). The second-order valence-electron chi connectivity index (χ2n) is 6.27. The van der Waals surface area contributed by atoms with Gasteiger partial charge in [-0.3, -0.25) is 4.79 Å². The lowest BCUT2D eigenvalue weighted by molar-refractivity contribution is -0.123. The lowest BCUT2D eigenvalue weighted by Crippen LogP contribution is -2.30. The van der Waals surface area contributed by atoms with E-state index in [1.807, 2.05) is 0 Å². The fraction of sp³-hybridized carbons (Fsp3) is 0.182. The zero-order valence-corrected chi connectivity index (χ0v) is 17.4. The molecule has 0 bridgehead atoms. The van der Waals surface area contributed by atoms with Gasteiger partial charge in [-0.25, -0.2) is 9.18 Å². The number of ether oxygens (including phenoxy) is 3. The Kier molecular flexibility index (Phi) is 6.68. The van der Waals surface area contributed by atoms with Crippen LogP contribution in [0.25, 0.3) is 10.4 Å². The molecule has 0 radical (unpaired) electrons. The number of amides is 1. The second kappa shape index (κ2) is 9.41. The molecule has 0 spiro atoms. The highest BCUT2D eigenvalue weighted by Gasteiger charge is 2.21. The quantitative estimate of drug-likeness (QED) is 0.549. The summed E-state index contributed by atoms with van der Waals surface area (Å²) in [4.78, 5) is 26.1. The highest BCUT2D eigenvalue weighted by molar-refractivity contribution is 7.17.